The smallest absolute Gasteiger partial charge is 0.0309 e. The fourth-order valence-electron chi connectivity index (χ4n) is 3.17. The van der Waals surface area contributed by atoms with Crippen molar-refractivity contribution in [3.63, 3.8) is 0 Å². The lowest BCUT2D eigenvalue weighted by Gasteiger charge is -2.47. The van der Waals surface area contributed by atoms with E-state index < -0.39 is 0 Å². The molecular formula is C14H28N2S. The van der Waals surface area contributed by atoms with Gasteiger partial charge in [0.1, 0.15) is 0 Å². The van der Waals surface area contributed by atoms with Crippen molar-refractivity contribution in [3.05, 3.63) is 0 Å². The molecule has 100 valence electrons. The molecule has 2 fully saturated rings. The summed E-state index contributed by atoms with van der Waals surface area (Å²) >= 11 is 1.98. The van der Waals surface area contributed by atoms with E-state index in [1.54, 1.807) is 0 Å². The molecule has 0 aromatic carbocycles. The fourth-order valence-corrected chi connectivity index (χ4v) is 3.59. The number of piperazine rings is 1. The Morgan fingerprint density at radius 3 is 2.76 bits per heavy atom. The van der Waals surface area contributed by atoms with Gasteiger partial charge in [-0.3, -0.25) is 4.90 Å². The Balaban J connectivity index is 1.93. The average molecular weight is 256 g/mol. The van der Waals surface area contributed by atoms with Crippen LogP contribution in [0.25, 0.3) is 0 Å². The number of thioether (sulfide) groups is 1. The molecule has 2 atom stereocenters. The van der Waals surface area contributed by atoms with Crippen molar-refractivity contribution in [3.8, 4) is 0 Å². The molecule has 0 aromatic heterocycles. The van der Waals surface area contributed by atoms with E-state index in [9.17, 15) is 0 Å². The van der Waals surface area contributed by atoms with Crippen LogP contribution in [0.15, 0.2) is 0 Å². The highest BCUT2D eigenvalue weighted by atomic mass is 32.2. The Morgan fingerprint density at radius 2 is 2.18 bits per heavy atom. The molecule has 1 N–H and O–H groups in total. The number of rotatable bonds is 6. The van der Waals surface area contributed by atoms with E-state index in [0.29, 0.717) is 5.54 Å². The van der Waals surface area contributed by atoms with Crippen molar-refractivity contribution in [2.24, 2.45) is 5.92 Å². The second-order valence-electron chi connectivity index (χ2n) is 5.98. The van der Waals surface area contributed by atoms with Gasteiger partial charge in [0.15, 0.2) is 0 Å². The predicted molar refractivity (Wildman–Crippen MR) is 77.8 cm³/mol. The van der Waals surface area contributed by atoms with Crippen LogP contribution in [0.2, 0.25) is 0 Å². The lowest BCUT2D eigenvalue weighted by molar-refractivity contribution is 0.0760. The van der Waals surface area contributed by atoms with Gasteiger partial charge in [-0.1, -0.05) is 13.3 Å². The third kappa shape index (κ3) is 3.39. The summed E-state index contributed by atoms with van der Waals surface area (Å²) in [6.07, 6.45) is 7.76. The first kappa shape index (κ1) is 13.7. The topological polar surface area (TPSA) is 15.3 Å². The van der Waals surface area contributed by atoms with Gasteiger partial charge in [0.2, 0.25) is 0 Å². The average Bonchev–Trinajstić information content (AvgIpc) is 3.14. The number of nitrogens with zero attached hydrogens (tertiary/aromatic N) is 1. The summed E-state index contributed by atoms with van der Waals surface area (Å²) in [5, 5.41) is 3.85. The van der Waals surface area contributed by atoms with Gasteiger partial charge in [-0.15, -0.1) is 0 Å². The van der Waals surface area contributed by atoms with Crippen LogP contribution in [0.3, 0.4) is 0 Å². The van der Waals surface area contributed by atoms with Crippen molar-refractivity contribution in [2.75, 3.05) is 31.6 Å². The van der Waals surface area contributed by atoms with Crippen LogP contribution in [0.5, 0.6) is 0 Å². The van der Waals surface area contributed by atoms with Gasteiger partial charge >= 0.3 is 0 Å². The SMILES string of the molecule is CCCC1CNC(C)(C2CC2)CN1CCSC. The van der Waals surface area contributed by atoms with E-state index in [-0.39, 0.29) is 0 Å². The molecule has 1 heterocycles. The summed E-state index contributed by atoms with van der Waals surface area (Å²) in [5.74, 6) is 2.22. The Hall–Kier alpha value is 0.270. The highest BCUT2D eigenvalue weighted by Crippen LogP contribution is 2.41. The molecule has 0 amide bonds. The fraction of sp³-hybridized carbons (Fsp3) is 1.00. The van der Waals surface area contributed by atoms with E-state index in [0.717, 1.165) is 12.0 Å². The zero-order valence-electron chi connectivity index (χ0n) is 11.7. The maximum atomic E-state index is 3.85. The third-order valence-corrected chi connectivity index (χ3v) is 5.06. The van der Waals surface area contributed by atoms with Crippen LogP contribution in [0, 0.1) is 5.92 Å². The molecule has 1 saturated heterocycles. The molecule has 2 rings (SSSR count). The Morgan fingerprint density at radius 1 is 1.41 bits per heavy atom. The van der Waals surface area contributed by atoms with Gasteiger partial charge in [-0.25, -0.2) is 0 Å². The molecule has 2 nitrogen and oxygen atoms in total. The maximum Gasteiger partial charge on any atom is 0.0309 e. The molecule has 0 aromatic rings. The Bertz CT molecular complexity index is 242. The third-order valence-electron chi connectivity index (χ3n) is 4.47. The lowest BCUT2D eigenvalue weighted by Crippen LogP contribution is -2.64. The summed E-state index contributed by atoms with van der Waals surface area (Å²) in [5.41, 5.74) is 0.405. The van der Waals surface area contributed by atoms with Crippen LogP contribution in [-0.2, 0) is 0 Å². The van der Waals surface area contributed by atoms with Crippen molar-refractivity contribution >= 4 is 11.8 Å². The quantitative estimate of drug-likeness (QED) is 0.786. The first-order chi connectivity index (χ1) is 8.19. The second kappa shape index (κ2) is 5.94. The lowest BCUT2D eigenvalue weighted by atomic mass is 9.90. The minimum absolute atomic E-state index is 0.405. The maximum absolute atomic E-state index is 3.85. The van der Waals surface area contributed by atoms with Gasteiger partial charge in [0.25, 0.3) is 0 Å². The van der Waals surface area contributed by atoms with Gasteiger partial charge in [0.05, 0.1) is 0 Å². The number of hydrogen-bond donors (Lipinski definition) is 1. The molecule has 0 bridgehead atoms. The molecule has 0 spiro atoms. The van der Waals surface area contributed by atoms with Crippen LogP contribution in [-0.4, -0.2) is 48.1 Å². The van der Waals surface area contributed by atoms with Crippen molar-refractivity contribution in [1.29, 1.82) is 0 Å². The Kier molecular flexibility index (Phi) is 4.79. The monoisotopic (exact) mass is 256 g/mol. The number of hydrogen-bond acceptors (Lipinski definition) is 3. The van der Waals surface area contributed by atoms with Gasteiger partial charge in [0, 0.05) is 37.0 Å². The van der Waals surface area contributed by atoms with Crippen LogP contribution >= 0.6 is 11.8 Å². The minimum Gasteiger partial charge on any atom is -0.308 e. The van der Waals surface area contributed by atoms with Crippen LogP contribution in [0.1, 0.15) is 39.5 Å². The van der Waals surface area contributed by atoms with Crippen molar-refractivity contribution < 1.29 is 0 Å². The molecule has 2 unspecified atom stereocenters. The second-order valence-corrected chi connectivity index (χ2v) is 6.96. The molecule has 1 aliphatic carbocycles. The summed E-state index contributed by atoms with van der Waals surface area (Å²) < 4.78 is 0. The van der Waals surface area contributed by atoms with Gasteiger partial charge in [-0.05, 0) is 38.4 Å². The van der Waals surface area contributed by atoms with Gasteiger partial charge in [-0.2, -0.15) is 11.8 Å². The van der Waals surface area contributed by atoms with E-state index in [2.05, 4.69) is 30.3 Å². The summed E-state index contributed by atoms with van der Waals surface area (Å²) in [6, 6.07) is 0.777. The van der Waals surface area contributed by atoms with Crippen molar-refractivity contribution in [1.82, 2.24) is 10.2 Å². The largest absolute Gasteiger partial charge is 0.308 e. The predicted octanol–water partition coefficient (Wildman–Crippen LogP) is 2.59. The van der Waals surface area contributed by atoms with E-state index in [1.807, 2.05) is 11.8 Å². The molecule has 17 heavy (non-hydrogen) atoms. The minimum atomic E-state index is 0.405. The first-order valence-electron chi connectivity index (χ1n) is 7.17. The van der Waals surface area contributed by atoms with E-state index >= 15 is 0 Å². The van der Waals surface area contributed by atoms with Crippen LogP contribution in [0.4, 0.5) is 0 Å². The molecule has 0 radical (unpaired) electrons. The zero-order valence-corrected chi connectivity index (χ0v) is 12.5. The molecule has 2 aliphatic rings. The Labute approximate surface area is 111 Å². The summed E-state index contributed by atoms with van der Waals surface area (Å²) in [6.45, 7) is 8.49. The first-order valence-corrected chi connectivity index (χ1v) is 8.57. The molecule has 1 saturated carbocycles. The zero-order chi connectivity index (χ0) is 12.3. The number of nitrogens with one attached hydrogen (secondary N) is 1. The molecular weight excluding hydrogens is 228 g/mol. The summed E-state index contributed by atoms with van der Waals surface area (Å²) in [4.78, 5) is 2.76. The highest BCUT2D eigenvalue weighted by molar-refractivity contribution is 7.98. The normalized spacial score (nSPS) is 35.1. The van der Waals surface area contributed by atoms with E-state index in [4.69, 9.17) is 0 Å². The van der Waals surface area contributed by atoms with E-state index in [1.165, 1.54) is 51.1 Å². The molecule has 1 aliphatic heterocycles. The molecule has 3 heteroatoms. The standard InChI is InChI=1S/C14H28N2S/c1-4-5-13-10-15-14(2,12-6-7-12)11-16(13)8-9-17-3/h12-13,15H,4-11H2,1-3H3. The van der Waals surface area contributed by atoms with Crippen LogP contribution < -0.4 is 5.32 Å². The summed E-state index contributed by atoms with van der Waals surface area (Å²) in [7, 11) is 0. The van der Waals surface area contributed by atoms with Crippen molar-refractivity contribution in [2.45, 2.75) is 51.1 Å². The highest BCUT2D eigenvalue weighted by Gasteiger charge is 2.45. The van der Waals surface area contributed by atoms with Gasteiger partial charge < -0.3 is 5.32 Å².